The molecular weight excluding hydrogens is 523 g/mol. The number of aromatic nitrogens is 2. The average Bonchev–Trinajstić information content (AvgIpc) is 3.38. The van der Waals surface area contributed by atoms with Crippen molar-refractivity contribution >= 4 is 41.3 Å². The number of H-pyrrole nitrogens is 1. The summed E-state index contributed by atoms with van der Waals surface area (Å²) in [4.78, 5) is 18.3. The number of aliphatic carboxylic acids is 1. The lowest BCUT2D eigenvalue weighted by Gasteiger charge is -2.05. The molecule has 6 nitrogen and oxygen atoms in total. The summed E-state index contributed by atoms with van der Waals surface area (Å²) in [6, 6.07) is 18.4. The monoisotopic (exact) mass is 546 g/mol. The van der Waals surface area contributed by atoms with E-state index in [-0.39, 0.29) is 6.42 Å². The van der Waals surface area contributed by atoms with Gasteiger partial charge in [-0.05, 0) is 79.2 Å². The number of carbonyl (C=O) groups is 1. The maximum absolute atomic E-state index is 10.6. The quantitative estimate of drug-likeness (QED) is 0.171. The van der Waals surface area contributed by atoms with Crippen LogP contribution in [0, 0.1) is 11.8 Å². The zero-order valence-corrected chi connectivity index (χ0v) is 22.0. The maximum atomic E-state index is 10.6. The fourth-order valence-corrected chi connectivity index (χ4v) is 4.08. The molecule has 2 N–H and O–H groups in total. The molecule has 0 bridgehead atoms. The minimum absolute atomic E-state index is 0.0867. The van der Waals surface area contributed by atoms with Crippen molar-refractivity contribution in [3.63, 3.8) is 0 Å². The normalized spacial score (nSPS) is 10.7. The summed E-state index contributed by atoms with van der Waals surface area (Å²) in [5.74, 6) is 7.55. The molecule has 0 radical (unpaired) electrons. The zero-order chi connectivity index (χ0) is 26.9. The van der Waals surface area contributed by atoms with Gasteiger partial charge in [-0.25, -0.2) is 4.98 Å². The van der Waals surface area contributed by atoms with Crippen LogP contribution in [0.3, 0.4) is 0 Å². The number of carboxylic acid groups (broad SMARTS) is 1. The van der Waals surface area contributed by atoms with Gasteiger partial charge in [-0.3, -0.25) is 4.79 Å². The van der Waals surface area contributed by atoms with Crippen molar-refractivity contribution in [2.24, 2.45) is 0 Å². The van der Waals surface area contributed by atoms with E-state index in [1.165, 1.54) is 0 Å². The number of ether oxygens (including phenoxy) is 2. The third kappa shape index (κ3) is 7.42. The highest BCUT2D eigenvalue weighted by Crippen LogP contribution is 2.29. The van der Waals surface area contributed by atoms with Crippen molar-refractivity contribution in [2.75, 3.05) is 13.7 Å². The topological polar surface area (TPSA) is 84.4 Å². The molecule has 0 saturated carbocycles. The Hall–Kier alpha value is -4.18. The van der Waals surface area contributed by atoms with E-state index in [9.17, 15) is 4.79 Å². The number of hydrogen-bond donors (Lipinski definition) is 2. The van der Waals surface area contributed by atoms with E-state index < -0.39 is 5.97 Å². The van der Waals surface area contributed by atoms with Gasteiger partial charge in [-0.15, -0.1) is 0 Å². The number of methoxy groups -OCH3 is 1. The molecule has 8 heteroatoms. The molecule has 0 amide bonds. The number of halogens is 2. The van der Waals surface area contributed by atoms with E-state index in [4.69, 9.17) is 37.8 Å². The highest BCUT2D eigenvalue weighted by Gasteiger charge is 2.07. The number of carboxylic acids is 1. The molecule has 0 aliphatic rings. The lowest BCUT2D eigenvalue weighted by atomic mass is 10.1. The van der Waals surface area contributed by atoms with Gasteiger partial charge in [0.1, 0.15) is 17.3 Å². The number of benzene rings is 3. The van der Waals surface area contributed by atoms with Crippen molar-refractivity contribution in [2.45, 2.75) is 12.8 Å². The summed E-state index contributed by atoms with van der Waals surface area (Å²) in [6.45, 7) is 0.355. The first kappa shape index (κ1) is 26.9. The third-order valence-corrected chi connectivity index (χ3v) is 6.02. The molecule has 0 atom stereocenters. The number of aromatic amines is 1. The van der Waals surface area contributed by atoms with Crippen LogP contribution in [0.25, 0.3) is 23.4 Å². The second-order valence-electron chi connectivity index (χ2n) is 8.22. The molecule has 1 heterocycles. The van der Waals surface area contributed by atoms with Gasteiger partial charge in [0, 0.05) is 33.7 Å². The van der Waals surface area contributed by atoms with E-state index in [0.29, 0.717) is 40.4 Å². The van der Waals surface area contributed by atoms with Crippen molar-refractivity contribution in [3.05, 3.63) is 99.4 Å². The molecule has 0 aliphatic carbocycles. The molecule has 0 saturated heterocycles. The van der Waals surface area contributed by atoms with Gasteiger partial charge in [0.05, 0.1) is 30.6 Å². The summed E-state index contributed by atoms with van der Waals surface area (Å²) in [7, 11) is 1.62. The molecule has 3 aromatic carbocycles. The van der Waals surface area contributed by atoms with Crippen molar-refractivity contribution in [1.29, 1.82) is 0 Å². The van der Waals surface area contributed by atoms with E-state index in [1.54, 1.807) is 25.4 Å². The van der Waals surface area contributed by atoms with Gasteiger partial charge < -0.3 is 19.6 Å². The summed E-state index contributed by atoms with van der Waals surface area (Å²) in [6.07, 6.45) is 6.04. The lowest BCUT2D eigenvalue weighted by Crippen LogP contribution is -2.01. The Morgan fingerprint density at radius 2 is 1.79 bits per heavy atom. The summed E-state index contributed by atoms with van der Waals surface area (Å²) >= 11 is 12.3. The predicted octanol–water partition coefficient (Wildman–Crippen LogP) is 7.21. The predicted molar refractivity (Wildman–Crippen MR) is 151 cm³/mol. The van der Waals surface area contributed by atoms with Gasteiger partial charge in [-0.2, -0.15) is 0 Å². The summed E-state index contributed by atoms with van der Waals surface area (Å²) in [5, 5.41) is 9.81. The van der Waals surface area contributed by atoms with Gasteiger partial charge >= 0.3 is 5.97 Å². The van der Waals surface area contributed by atoms with Gasteiger partial charge in [0.2, 0.25) is 0 Å². The molecule has 0 unspecified atom stereocenters. The van der Waals surface area contributed by atoms with E-state index in [2.05, 4.69) is 21.8 Å². The number of hydrogen-bond acceptors (Lipinski definition) is 4. The van der Waals surface area contributed by atoms with Crippen LogP contribution >= 0.6 is 23.2 Å². The number of nitrogens with zero attached hydrogens (tertiary/aromatic N) is 1. The first-order valence-corrected chi connectivity index (χ1v) is 12.5. The Kier molecular flexibility index (Phi) is 9.10. The second kappa shape index (κ2) is 12.9. The van der Waals surface area contributed by atoms with Crippen LogP contribution in [0.1, 0.15) is 35.4 Å². The Bertz CT molecular complexity index is 1520. The Labute approximate surface area is 230 Å². The third-order valence-electron chi connectivity index (χ3n) is 5.48. The Morgan fingerprint density at radius 1 is 1.03 bits per heavy atom. The minimum Gasteiger partial charge on any atom is -0.496 e. The summed E-state index contributed by atoms with van der Waals surface area (Å²) < 4.78 is 11.1. The molecule has 0 fully saturated rings. The SMILES string of the molecule is COc1ccc(C#Cc2ccc(OCCCC(=O)O)cc2)cc1/C=C/c1ncc(-c2ccc(Cl)cc2Cl)[nH]1. The van der Waals surface area contributed by atoms with Crippen LogP contribution in [0.4, 0.5) is 0 Å². The van der Waals surface area contributed by atoms with Gasteiger partial charge in [-0.1, -0.05) is 35.0 Å². The molecule has 192 valence electrons. The van der Waals surface area contributed by atoms with Gasteiger partial charge in [0.15, 0.2) is 0 Å². The lowest BCUT2D eigenvalue weighted by molar-refractivity contribution is -0.137. The molecule has 38 heavy (non-hydrogen) atoms. The van der Waals surface area contributed by atoms with Crippen LogP contribution in [0.5, 0.6) is 11.5 Å². The second-order valence-corrected chi connectivity index (χ2v) is 9.06. The maximum Gasteiger partial charge on any atom is 0.303 e. The van der Waals surface area contributed by atoms with E-state index in [0.717, 1.165) is 27.9 Å². The van der Waals surface area contributed by atoms with Crippen LogP contribution in [0.2, 0.25) is 10.0 Å². The standard InChI is InChI=1S/C30H24Cl2N2O4/c1-37-28-14-8-21(5-4-20-6-11-24(12-7-20)38-16-2-3-30(35)36)17-22(28)9-15-29-33-19-27(34-29)25-13-10-23(31)18-26(25)32/h6-15,17-19H,2-3,16H2,1H3,(H,33,34)(H,35,36)/b15-9+. The van der Waals surface area contributed by atoms with E-state index >= 15 is 0 Å². The first-order chi connectivity index (χ1) is 18.4. The fourth-order valence-electron chi connectivity index (χ4n) is 3.57. The summed E-state index contributed by atoms with van der Waals surface area (Å²) in [5.41, 5.74) is 4.12. The highest BCUT2D eigenvalue weighted by atomic mass is 35.5. The van der Waals surface area contributed by atoms with Crippen LogP contribution in [0.15, 0.2) is 66.9 Å². The van der Waals surface area contributed by atoms with Crippen LogP contribution < -0.4 is 9.47 Å². The van der Waals surface area contributed by atoms with Crippen LogP contribution in [-0.2, 0) is 4.79 Å². The van der Waals surface area contributed by atoms with Crippen molar-refractivity contribution in [1.82, 2.24) is 9.97 Å². The Balaban J connectivity index is 1.45. The molecule has 4 rings (SSSR count). The largest absolute Gasteiger partial charge is 0.496 e. The zero-order valence-electron chi connectivity index (χ0n) is 20.5. The number of rotatable bonds is 9. The van der Waals surface area contributed by atoms with Gasteiger partial charge in [0.25, 0.3) is 0 Å². The van der Waals surface area contributed by atoms with Crippen molar-refractivity contribution in [3.8, 4) is 34.6 Å². The smallest absolute Gasteiger partial charge is 0.303 e. The Morgan fingerprint density at radius 3 is 2.53 bits per heavy atom. The molecule has 1 aromatic heterocycles. The van der Waals surface area contributed by atoms with E-state index in [1.807, 2.05) is 60.7 Å². The molecule has 0 aliphatic heterocycles. The first-order valence-electron chi connectivity index (χ1n) is 11.7. The molecular formula is C30H24Cl2N2O4. The minimum atomic E-state index is -0.828. The van der Waals surface area contributed by atoms with Crippen LogP contribution in [-0.4, -0.2) is 34.8 Å². The average molecular weight is 547 g/mol. The fraction of sp³-hybridized carbons (Fsp3) is 0.133. The number of nitrogens with one attached hydrogen (secondary N) is 1. The molecule has 0 spiro atoms. The van der Waals surface area contributed by atoms with Crippen molar-refractivity contribution < 1.29 is 19.4 Å². The number of imidazole rings is 1. The highest BCUT2D eigenvalue weighted by molar-refractivity contribution is 6.36. The molecule has 4 aromatic rings.